The van der Waals surface area contributed by atoms with Crippen LogP contribution < -0.4 is 14.8 Å². The summed E-state index contributed by atoms with van der Waals surface area (Å²) in [6, 6.07) is 5.92. The van der Waals surface area contributed by atoms with E-state index in [0.29, 0.717) is 6.61 Å². The third kappa shape index (κ3) is 4.73. The topological polar surface area (TPSA) is 39.7 Å². The number of methoxy groups -OCH3 is 2. The summed E-state index contributed by atoms with van der Waals surface area (Å²) in [6.45, 7) is 5.44. The van der Waals surface area contributed by atoms with Crippen molar-refractivity contribution in [1.29, 1.82) is 0 Å². The van der Waals surface area contributed by atoms with Gasteiger partial charge in [-0.3, -0.25) is 0 Å². The minimum Gasteiger partial charge on any atom is -0.493 e. The van der Waals surface area contributed by atoms with E-state index in [0.717, 1.165) is 30.0 Å². The highest BCUT2D eigenvalue weighted by Crippen LogP contribution is 2.31. The molecular weight excluding hydrogens is 242 g/mol. The van der Waals surface area contributed by atoms with Gasteiger partial charge in [0, 0.05) is 25.6 Å². The summed E-state index contributed by atoms with van der Waals surface area (Å²) in [6.07, 6.45) is 0.820. The molecule has 0 aliphatic carbocycles. The lowest BCUT2D eigenvalue weighted by atomic mass is 10.1. The second-order valence-corrected chi connectivity index (χ2v) is 5.04. The summed E-state index contributed by atoms with van der Waals surface area (Å²) in [7, 11) is 5.29. The molecular formula is C15H25NO3. The van der Waals surface area contributed by atoms with Crippen molar-refractivity contribution in [2.75, 3.05) is 27.9 Å². The Bertz CT molecular complexity index is 391. The maximum absolute atomic E-state index is 5.90. The van der Waals surface area contributed by atoms with Gasteiger partial charge in [-0.15, -0.1) is 0 Å². The zero-order valence-corrected chi connectivity index (χ0v) is 12.6. The Kier molecular flexibility index (Phi) is 6.12. The Labute approximate surface area is 116 Å². The molecule has 0 aliphatic rings. The van der Waals surface area contributed by atoms with E-state index >= 15 is 0 Å². The molecule has 0 saturated heterocycles. The highest BCUT2D eigenvalue weighted by Gasteiger charge is 2.17. The van der Waals surface area contributed by atoms with Crippen LogP contribution >= 0.6 is 0 Å². The Balaban J connectivity index is 2.75. The molecule has 0 unspecified atom stereocenters. The third-order valence-electron chi connectivity index (χ3n) is 3.15. The molecule has 0 atom stereocenters. The molecule has 0 saturated carbocycles. The van der Waals surface area contributed by atoms with Crippen molar-refractivity contribution in [1.82, 2.24) is 5.32 Å². The van der Waals surface area contributed by atoms with Crippen molar-refractivity contribution < 1.29 is 14.2 Å². The van der Waals surface area contributed by atoms with Crippen molar-refractivity contribution in [3.63, 3.8) is 0 Å². The van der Waals surface area contributed by atoms with Crippen LogP contribution in [0.5, 0.6) is 11.5 Å². The Morgan fingerprint density at radius 2 is 1.95 bits per heavy atom. The second-order valence-electron chi connectivity index (χ2n) is 5.04. The van der Waals surface area contributed by atoms with Crippen LogP contribution in [0.25, 0.3) is 0 Å². The summed E-state index contributed by atoms with van der Waals surface area (Å²) < 4.78 is 16.6. The largest absolute Gasteiger partial charge is 0.493 e. The van der Waals surface area contributed by atoms with Crippen molar-refractivity contribution in [3.8, 4) is 11.5 Å². The molecule has 0 aliphatic heterocycles. The predicted molar refractivity (Wildman–Crippen MR) is 77.0 cm³/mol. The van der Waals surface area contributed by atoms with E-state index in [4.69, 9.17) is 14.2 Å². The summed E-state index contributed by atoms with van der Waals surface area (Å²) in [5.41, 5.74) is 0.919. The number of ether oxygens (including phenoxy) is 3. The van der Waals surface area contributed by atoms with Gasteiger partial charge in [-0.05, 0) is 27.0 Å². The lowest BCUT2D eigenvalue weighted by Gasteiger charge is -2.23. The fourth-order valence-electron chi connectivity index (χ4n) is 1.72. The molecule has 0 heterocycles. The molecule has 1 rings (SSSR count). The molecule has 0 amide bonds. The van der Waals surface area contributed by atoms with Crippen LogP contribution in [0.3, 0.4) is 0 Å². The molecule has 1 aromatic carbocycles. The SMILES string of the molecule is CNCc1cccc(OC)c1OCCC(C)(C)OC. The molecule has 4 nitrogen and oxygen atoms in total. The van der Waals surface area contributed by atoms with Crippen LogP contribution in [-0.4, -0.2) is 33.5 Å². The van der Waals surface area contributed by atoms with Crippen LogP contribution in [0.1, 0.15) is 25.8 Å². The van der Waals surface area contributed by atoms with Gasteiger partial charge in [0.25, 0.3) is 0 Å². The minimum atomic E-state index is -0.175. The summed E-state index contributed by atoms with van der Waals surface area (Å²) in [4.78, 5) is 0. The van der Waals surface area contributed by atoms with E-state index in [1.165, 1.54) is 0 Å². The first kappa shape index (κ1) is 15.8. The van der Waals surface area contributed by atoms with Crippen LogP contribution in [0.2, 0.25) is 0 Å². The lowest BCUT2D eigenvalue weighted by Crippen LogP contribution is -2.25. The van der Waals surface area contributed by atoms with Gasteiger partial charge in [0.1, 0.15) is 0 Å². The monoisotopic (exact) mass is 267 g/mol. The molecule has 0 radical (unpaired) electrons. The Morgan fingerprint density at radius 3 is 2.53 bits per heavy atom. The van der Waals surface area contributed by atoms with Crippen molar-refractivity contribution >= 4 is 0 Å². The standard InChI is InChI=1S/C15H25NO3/c1-15(2,18-5)9-10-19-14-12(11-16-3)7-6-8-13(14)17-4/h6-8,16H,9-11H2,1-5H3. The number of hydrogen-bond donors (Lipinski definition) is 1. The maximum Gasteiger partial charge on any atom is 0.165 e. The molecule has 0 aromatic heterocycles. The highest BCUT2D eigenvalue weighted by molar-refractivity contribution is 5.46. The minimum absolute atomic E-state index is 0.175. The molecule has 4 heteroatoms. The van der Waals surface area contributed by atoms with Crippen LogP contribution in [0.15, 0.2) is 18.2 Å². The van der Waals surface area contributed by atoms with Gasteiger partial charge in [-0.2, -0.15) is 0 Å². The second kappa shape index (κ2) is 7.36. The Hall–Kier alpha value is -1.26. The zero-order valence-electron chi connectivity index (χ0n) is 12.6. The maximum atomic E-state index is 5.90. The van der Waals surface area contributed by atoms with Crippen LogP contribution in [-0.2, 0) is 11.3 Å². The average molecular weight is 267 g/mol. The molecule has 0 fully saturated rings. The smallest absolute Gasteiger partial charge is 0.165 e. The predicted octanol–water partition coefficient (Wildman–Crippen LogP) is 2.61. The first-order chi connectivity index (χ1) is 9.04. The van der Waals surface area contributed by atoms with Gasteiger partial charge in [-0.25, -0.2) is 0 Å². The molecule has 108 valence electrons. The highest BCUT2D eigenvalue weighted by atomic mass is 16.5. The van der Waals surface area contributed by atoms with Gasteiger partial charge < -0.3 is 19.5 Å². The quantitative estimate of drug-likeness (QED) is 0.786. The van der Waals surface area contributed by atoms with E-state index in [9.17, 15) is 0 Å². The first-order valence-corrected chi connectivity index (χ1v) is 6.52. The number of hydrogen-bond acceptors (Lipinski definition) is 4. The molecule has 0 bridgehead atoms. The lowest BCUT2D eigenvalue weighted by molar-refractivity contribution is 0.00516. The number of rotatable bonds is 8. The van der Waals surface area contributed by atoms with E-state index in [1.807, 2.05) is 39.1 Å². The van der Waals surface area contributed by atoms with Crippen molar-refractivity contribution in [2.24, 2.45) is 0 Å². The molecule has 19 heavy (non-hydrogen) atoms. The van der Waals surface area contributed by atoms with E-state index < -0.39 is 0 Å². The van der Waals surface area contributed by atoms with Crippen LogP contribution in [0, 0.1) is 0 Å². The summed E-state index contributed by atoms with van der Waals surface area (Å²) >= 11 is 0. The van der Waals surface area contributed by atoms with Crippen molar-refractivity contribution in [3.05, 3.63) is 23.8 Å². The fraction of sp³-hybridized carbons (Fsp3) is 0.600. The Morgan fingerprint density at radius 1 is 1.21 bits per heavy atom. The van der Waals surface area contributed by atoms with Gasteiger partial charge in [-0.1, -0.05) is 12.1 Å². The summed E-state index contributed by atoms with van der Waals surface area (Å²) in [5.74, 6) is 1.58. The third-order valence-corrected chi connectivity index (χ3v) is 3.15. The van der Waals surface area contributed by atoms with Crippen molar-refractivity contribution in [2.45, 2.75) is 32.4 Å². The number of para-hydroxylation sites is 1. The first-order valence-electron chi connectivity index (χ1n) is 6.52. The molecule has 1 N–H and O–H groups in total. The van der Waals surface area contributed by atoms with E-state index in [2.05, 4.69) is 5.32 Å². The van der Waals surface area contributed by atoms with Gasteiger partial charge in [0.2, 0.25) is 0 Å². The van der Waals surface area contributed by atoms with E-state index in [1.54, 1.807) is 14.2 Å². The zero-order chi connectivity index (χ0) is 14.3. The van der Waals surface area contributed by atoms with Gasteiger partial charge >= 0.3 is 0 Å². The van der Waals surface area contributed by atoms with Crippen LogP contribution in [0.4, 0.5) is 0 Å². The molecule has 1 aromatic rings. The normalized spacial score (nSPS) is 11.4. The molecule has 0 spiro atoms. The number of benzene rings is 1. The van der Waals surface area contributed by atoms with Gasteiger partial charge in [0.05, 0.1) is 19.3 Å². The number of nitrogens with one attached hydrogen (secondary N) is 1. The average Bonchev–Trinajstić information content (AvgIpc) is 2.40. The van der Waals surface area contributed by atoms with E-state index in [-0.39, 0.29) is 5.60 Å². The summed E-state index contributed by atoms with van der Waals surface area (Å²) in [5, 5.41) is 3.13. The van der Waals surface area contributed by atoms with Gasteiger partial charge in [0.15, 0.2) is 11.5 Å². The fourth-order valence-corrected chi connectivity index (χ4v) is 1.72.